The van der Waals surface area contributed by atoms with Crippen LogP contribution in [0, 0.1) is 5.92 Å². The number of likely N-dealkylation sites (tertiary alicyclic amines) is 1. The number of carbonyl (C=O) groups is 1. The van der Waals surface area contributed by atoms with Gasteiger partial charge in [-0.05, 0) is 57.0 Å². The zero-order valence-corrected chi connectivity index (χ0v) is 23.3. The molecule has 7 rings (SSSR count). The first kappa shape index (κ1) is 25.9. The molecule has 0 bridgehead atoms. The van der Waals surface area contributed by atoms with E-state index in [9.17, 15) is 14.7 Å². The van der Waals surface area contributed by atoms with E-state index >= 15 is 0 Å². The minimum Gasteiger partial charge on any atom is -0.388 e. The molecule has 41 heavy (non-hydrogen) atoms. The summed E-state index contributed by atoms with van der Waals surface area (Å²) in [7, 11) is 2.14. The normalized spacial score (nSPS) is 19.7. The van der Waals surface area contributed by atoms with Crippen LogP contribution in [0.3, 0.4) is 0 Å². The molecule has 2 aliphatic heterocycles. The number of likely N-dealkylation sites (N-methyl/N-ethyl adjacent to an activating group) is 1. The third-order valence-corrected chi connectivity index (χ3v) is 8.71. The number of aliphatic hydroxyl groups is 1. The van der Waals surface area contributed by atoms with Gasteiger partial charge >= 0.3 is 0 Å². The minimum atomic E-state index is -1.05. The fraction of sp³-hybridized carbons (Fsp3) is 0.483. The zero-order chi connectivity index (χ0) is 28.1. The van der Waals surface area contributed by atoms with Crippen molar-refractivity contribution in [2.45, 2.75) is 37.8 Å². The van der Waals surface area contributed by atoms with Crippen LogP contribution >= 0.6 is 0 Å². The van der Waals surface area contributed by atoms with Gasteiger partial charge in [-0.3, -0.25) is 14.2 Å². The molecule has 1 N–H and O–H groups in total. The van der Waals surface area contributed by atoms with Gasteiger partial charge in [0.25, 0.3) is 5.56 Å². The summed E-state index contributed by atoms with van der Waals surface area (Å²) < 4.78 is 4.98. The van der Waals surface area contributed by atoms with E-state index in [2.05, 4.69) is 26.9 Å². The topological polar surface area (TPSA) is 118 Å². The van der Waals surface area contributed by atoms with Crippen LogP contribution in [-0.4, -0.2) is 102 Å². The molecule has 0 radical (unpaired) electrons. The van der Waals surface area contributed by atoms with Crippen molar-refractivity contribution in [2.75, 3.05) is 51.2 Å². The van der Waals surface area contributed by atoms with Crippen molar-refractivity contribution < 1.29 is 9.90 Å². The number of amides is 1. The highest BCUT2D eigenvalue weighted by atomic mass is 16.3. The first-order valence-corrected chi connectivity index (χ1v) is 14.4. The highest BCUT2D eigenvalue weighted by Crippen LogP contribution is 2.33. The molecule has 5 heterocycles. The number of rotatable bonds is 6. The first-order chi connectivity index (χ1) is 19.9. The lowest BCUT2D eigenvalue weighted by atomic mass is 9.91. The highest BCUT2D eigenvalue weighted by Gasteiger charge is 2.39. The molecular weight excluding hydrogens is 522 g/mol. The average Bonchev–Trinajstić information content (AvgIpc) is 3.55. The lowest BCUT2D eigenvalue weighted by molar-refractivity contribution is -0.137. The Hall–Kier alpha value is -4.03. The second-order valence-electron chi connectivity index (χ2n) is 11.7. The smallest absolute Gasteiger partial charge is 0.264 e. The number of hydrogen-bond donors (Lipinski definition) is 1. The number of piperazine rings is 1. The van der Waals surface area contributed by atoms with Crippen molar-refractivity contribution in [1.82, 2.24) is 38.9 Å². The zero-order valence-electron chi connectivity index (χ0n) is 23.3. The van der Waals surface area contributed by atoms with E-state index in [0.717, 1.165) is 56.2 Å². The summed E-state index contributed by atoms with van der Waals surface area (Å²) in [5.74, 6) is 1.35. The number of fused-ring (bicyclic) bond motifs is 1. The predicted molar refractivity (Wildman–Crippen MR) is 153 cm³/mol. The van der Waals surface area contributed by atoms with E-state index in [0.29, 0.717) is 37.0 Å². The van der Waals surface area contributed by atoms with Crippen molar-refractivity contribution in [3.05, 3.63) is 59.4 Å². The second kappa shape index (κ2) is 10.1. The van der Waals surface area contributed by atoms with Gasteiger partial charge in [0.05, 0.1) is 29.7 Å². The van der Waals surface area contributed by atoms with Crippen LogP contribution in [0.25, 0.3) is 22.4 Å². The molecule has 4 aromatic rings. The van der Waals surface area contributed by atoms with Crippen LogP contribution in [0.15, 0.2) is 53.8 Å². The monoisotopic (exact) mass is 557 g/mol. The van der Waals surface area contributed by atoms with Gasteiger partial charge < -0.3 is 19.8 Å². The Labute approximate surface area is 237 Å². The Morgan fingerprint density at radius 2 is 1.71 bits per heavy atom. The maximum Gasteiger partial charge on any atom is 0.264 e. The van der Waals surface area contributed by atoms with Crippen molar-refractivity contribution >= 4 is 22.8 Å². The van der Waals surface area contributed by atoms with E-state index in [-0.39, 0.29) is 23.9 Å². The number of carbonyl (C=O) groups excluding carboxylic acids is 1. The molecule has 1 saturated carbocycles. The maximum atomic E-state index is 13.3. The largest absolute Gasteiger partial charge is 0.388 e. The van der Waals surface area contributed by atoms with Crippen LogP contribution in [-0.2, 0) is 11.3 Å². The number of nitrogens with zero attached hydrogens (tertiary/aromatic N) is 9. The van der Waals surface area contributed by atoms with Gasteiger partial charge in [0.15, 0.2) is 11.5 Å². The molecular formula is C29H35N9O3. The van der Waals surface area contributed by atoms with Gasteiger partial charge in [0.2, 0.25) is 5.91 Å². The molecule has 3 aliphatic rings. The van der Waals surface area contributed by atoms with Crippen LogP contribution in [0.4, 0.5) is 5.82 Å². The molecule has 1 aliphatic carbocycles. The number of hydrogen-bond acceptors (Lipinski definition) is 8. The lowest BCUT2D eigenvalue weighted by Gasteiger charge is -2.38. The average molecular weight is 558 g/mol. The van der Waals surface area contributed by atoms with Crippen molar-refractivity contribution in [3.63, 3.8) is 0 Å². The molecule has 12 heteroatoms. The van der Waals surface area contributed by atoms with Gasteiger partial charge in [-0.25, -0.2) is 14.3 Å². The van der Waals surface area contributed by atoms with Crippen molar-refractivity contribution in [3.8, 4) is 11.4 Å². The molecule has 2 saturated heterocycles. The predicted octanol–water partition coefficient (Wildman–Crippen LogP) is 1.28. The maximum absolute atomic E-state index is 13.3. The molecule has 3 fully saturated rings. The van der Waals surface area contributed by atoms with Gasteiger partial charge in [-0.2, -0.15) is 10.2 Å². The summed E-state index contributed by atoms with van der Waals surface area (Å²) in [5.41, 5.74) is 0.885. The SMILES string of the molecule is CN1CCN(c2ccn(-c3ccc(-n4ncc5c(=O)n(CC6(O)CCN(C(=O)C7CC7)CC6)cnc54)cc3)n2)CC1. The fourth-order valence-electron chi connectivity index (χ4n) is 5.87. The van der Waals surface area contributed by atoms with Crippen LogP contribution in [0.5, 0.6) is 0 Å². The molecule has 12 nitrogen and oxygen atoms in total. The van der Waals surface area contributed by atoms with Gasteiger partial charge in [0.1, 0.15) is 11.7 Å². The Morgan fingerprint density at radius 3 is 2.41 bits per heavy atom. The molecule has 0 unspecified atom stereocenters. The second-order valence-corrected chi connectivity index (χ2v) is 11.7. The molecule has 0 spiro atoms. The van der Waals surface area contributed by atoms with Crippen LogP contribution < -0.4 is 10.5 Å². The first-order valence-electron chi connectivity index (χ1n) is 14.4. The summed E-state index contributed by atoms with van der Waals surface area (Å²) in [6, 6.07) is 9.86. The van der Waals surface area contributed by atoms with Crippen LogP contribution in [0.1, 0.15) is 25.7 Å². The Bertz CT molecular complexity index is 1620. The number of anilines is 1. The summed E-state index contributed by atoms with van der Waals surface area (Å²) >= 11 is 0. The Balaban J connectivity index is 1.06. The number of piperidine rings is 1. The number of aromatic nitrogens is 6. The summed E-state index contributed by atoms with van der Waals surface area (Å²) in [6.45, 7) is 5.15. The standard InChI is InChI=1S/C29H35N9O3/c1-33-14-16-34(17-15-33)25-8-11-37(32-25)22-4-6-23(7-5-22)38-26-24(18-31-38)28(40)36(20-30-26)19-29(41)9-12-35(13-10-29)27(39)21-2-3-21/h4-8,11,18,20-21,41H,2-3,9-10,12-17,19H2,1H3. The quantitative estimate of drug-likeness (QED) is 0.377. The van der Waals surface area contributed by atoms with Gasteiger partial charge in [0, 0.05) is 57.4 Å². The van der Waals surface area contributed by atoms with E-state index in [4.69, 9.17) is 5.10 Å². The van der Waals surface area contributed by atoms with Crippen molar-refractivity contribution in [1.29, 1.82) is 0 Å². The van der Waals surface area contributed by atoms with Gasteiger partial charge in [-0.1, -0.05) is 0 Å². The van der Waals surface area contributed by atoms with Crippen molar-refractivity contribution in [2.24, 2.45) is 5.92 Å². The summed E-state index contributed by atoms with van der Waals surface area (Å²) in [6.07, 6.45) is 7.82. The van der Waals surface area contributed by atoms with E-state index < -0.39 is 5.60 Å². The van der Waals surface area contributed by atoms with E-state index in [1.807, 2.05) is 46.1 Å². The molecule has 0 atom stereocenters. The summed E-state index contributed by atoms with van der Waals surface area (Å²) in [5, 5.41) is 20.8. The minimum absolute atomic E-state index is 0.139. The van der Waals surface area contributed by atoms with Gasteiger partial charge in [-0.15, -0.1) is 0 Å². The van der Waals surface area contributed by atoms with E-state index in [1.54, 1.807) is 4.68 Å². The Morgan fingerprint density at radius 1 is 1.00 bits per heavy atom. The van der Waals surface area contributed by atoms with E-state index in [1.165, 1.54) is 17.1 Å². The molecule has 1 amide bonds. The molecule has 3 aromatic heterocycles. The third kappa shape index (κ3) is 5.02. The Kier molecular flexibility index (Phi) is 6.39. The third-order valence-electron chi connectivity index (χ3n) is 8.71. The fourth-order valence-corrected chi connectivity index (χ4v) is 5.87. The highest BCUT2D eigenvalue weighted by molar-refractivity contribution is 5.81. The number of benzene rings is 1. The molecule has 1 aromatic carbocycles. The van der Waals surface area contributed by atoms with Crippen LogP contribution in [0.2, 0.25) is 0 Å². The molecule has 214 valence electrons. The lowest BCUT2D eigenvalue weighted by Crippen LogP contribution is -2.50. The summed E-state index contributed by atoms with van der Waals surface area (Å²) in [4.78, 5) is 36.7.